The number of nitrogens with two attached hydrogens (primary N) is 1. The molecule has 1 aromatic carbocycles. The highest BCUT2D eigenvalue weighted by Gasteiger charge is 2.36. The number of fused-ring (bicyclic) bond motifs is 1. The van der Waals surface area contributed by atoms with Crippen molar-refractivity contribution < 1.29 is 14.5 Å². The van der Waals surface area contributed by atoms with Crippen molar-refractivity contribution in [3.05, 3.63) is 29.8 Å². The fourth-order valence-electron chi connectivity index (χ4n) is 1.73. The van der Waals surface area contributed by atoms with Gasteiger partial charge in [-0.3, -0.25) is 0 Å². The van der Waals surface area contributed by atoms with Crippen molar-refractivity contribution >= 4 is 17.8 Å². The van der Waals surface area contributed by atoms with E-state index in [0.717, 1.165) is 5.56 Å². The van der Waals surface area contributed by atoms with Crippen LogP contribution < -0.4 is 11.2 Å². The molecule has 1 heterocycles. The number of carbonyl (C=O) groups is 1. The van der Waals surface area contributed by atoms with Crippen LogP contribution in [0, 0.1) is 6.07 Å². The Kier molecular flexibility index (Phi) is 2.05. The SMILES string of the molecule is NC(=O)[B-]1(O)OCCc2cc[c]cc21. The average Bonchev–Trinajstić information content (AvgIpc) is 2.18. The minimum absolute atomic E-state index is 0.316. The molecule has 0 fully saturated rings. The molecule has 1 aromatic rings. The van der Waals surface area contributed by atoms with Crippen molar-refractivity contribution in [3.8, 4) is 0 Å². The van der Waals surface area contributed by atoms with Gasteiger partial charge in [-0.15, -0.1) is 5.46 Å². The van der Waals surface area contributed by atoms with Gasteiger partial charge in [0.1, 0.15) is 5.81 Å². The van der Waals surface area contributed by atoms with Crippen LogP contribution >= 0.6 is 0 Å². The van der Waals surface area contributed by atoms with Crippen LogP contribution in [0.3, 0.4) is 0 Å². The van der Waals surface area contributed by atoms with Gasteiger partial charge in [0, 0.05) is 6.61 Å². The third-order valence-electron chi connectivity index (χ3n) is 2.53. The van der Waals surface area contributed by atoms with Crippen LogP contribution in [-0.4, -0.2) is 24.0 Å². The molecule has 0 saturated heterocycles. The zero-order chi connectivity index (χ0) is 10.2. The van der Waals surface area contributed by atoms with Crippen molar-refractivity contribution in [1.29, 1.82) is 0 Å². The molecule has 1 amide bonds. The maximum absolute atomic E-state index is 11.1. The molecule has 1 aliphatic rings. The van der Waals surface area contributed by atoms with Crippen molar-refractivity contribution in [1.82, 2.24) is 0 Å². The summed E-state index contributed by atoms with van der Waals surface area (Å²) in [7, 11) is 0. The average molecular weight is 191 g/mol. The first-order valence-electron chi connectivity index (χ1n) is 4.44. The number of benzene rings is 1. The summed E-state index contributed by atoms with van der Waals surface area (Å²) in [5, 5.41) is 9.95. The molecule has 0 aliphatic carbocycles. The Morgan fingerprint density at radius 2 is 2.50 bits per heavy atom. The van der Waals surface area contributed by atoms with E-state index in [4.69, 9.17) is 10.4 Å². The fraction of sp³-hybridized carbons (Fsp3) is 0.222. The normalized spacial score (nSPS) is 25.5. The standard InChI is InChI=1S/C9H10BNO3/c11-9(12)10(13)8-4-2-1-3-7(8)5-6-14-10/h1,3-4,13H,5-6H2,(H2,11,12)/q-1. The number of amides is 1. The van der Waals surface area contributed by atoms with Crippen molar-refractivity contribution in [3.63, 3.8) is 0 Å². The van der Waals surface area contributed by atoms with Gasteiger partial charge in [0.2, 0.25) is 0 Å². The lowest BCUT2D eigenvalue weighted by molar-refractivity contribution is 0.220. The molecule has 3 N–H and O–H groups in total. The van der Waals surface area contributed by atoms with Crippen LogP contribution in [0.5, 0.6) is 0 Å². The highest BCUT2D eigenvalue weighted by atomic mass is 16.5. The van der Waals surface area contributed by atoms with E-state index in [1.165, 1.54) is 0 Å². The third-order valence-corrected chi connectivity index (χ3v) is 2.53. The second-order valence-electron chi connectivity index (χ2n) is 3.39. The van der Waals surface area contributed by atoms with Gasteiger partial charge in [-0.05, 0) is 12.5 Å². The lowest BCUT2D eigenvalue weighted by Gasteiger charge is -2.38. The maximum Gasteiger partial charge on any atom is 0.355 e. The summed E-state index contributed by atoms with van der Waals surface area (Å²) < 4.78 is 5.08. The lowest BCUT2D eigenvalue weighted by Crippen LogP contribution is -2.64. The molecule has 1 radical (unpaired) electrons. The first-order valence-corrected chi connectivity index (χ1v) is 4.44. The number of carbonyl (C=O) groups excluding carboxylic acids is 1. The summed E-state index contributed by atoms with van der Waals surface area (Å²) in [6.45, 7) is -2.36. The largest absolute Gasteiger partial charge is 0.573 e. The predicted molar refractivity (Wildman–Crippen MR) is 52.1 cm³/mol. The van der Waals surface area contributed by atoms with Gasteiger partial charge in [-0.1, -0.05) is 23.8 Å². The summed E-state index contributed by atoms with van der Waals surface area (Å²) in [5.74, 6) is -0.828. The van der Waals surface area contributed by atoms with E-state index in [2.05, 4.69) is 6.07 Å². The summed E-state index contributed by atoms with van der Waals surface area (Å²) >= 11 is 0. The van der Waals surface area contributed by atoms with Crippen LogP contribution in [0.25, 0.3) is 0 Å². The van der Waals surface area contributed by atoms with Gasteiger partial charge in [-0.2, -0.15) is 0 Å². The van der Waals surface area contributed by atoms with E-state index < -0.39 is 12.4 Å². The summed E-state index contributed by atoms with van der Waals surface area (Å²) in [6.07, 6.45) is 0.682. The van der Waals surface area contributed by atoms with E-state index in [9.17, 15) is 9.82 Å². The Hall–Kier alpha value is -1.33. The smallest absolute Gasteiger partial charge is 0.355 e. The van der Waals surface area contributed by atoms with Crippen LogP contribution in [-0.2, 0) is 11.1 Å². The van der Waals surface area contributed by atoms with Crippen LogP contribution in [0.4, 0.5) is 4.79 Å². The van der Waals surface area contributed by atoms with Crippen LogP contribution in [0.1, 0.15) is 5.56 Å². The Morgan fingerprint density at radius 3 is 3.21 bits per heavy atom. The second-order valence-corrected chi connectivity index (χ2v) is 3.39. The molecule has 0 spiro atoms. The molecule has 73 valence electrons. The summed E-state index contributed by atoms with van der Waals surface area (Å²) in [4.78, 5) is 11.1. The Labute approximate surface area is 81.7 Å². The monoisotopic (exact) mass is 191 g/mol. The first kappa shape index (κ1) is 9.24. The third kappa shape index (κ3) is 1.22. The minimum Gasteiger partial charge on any atom is -0.573 e. The molecule has 0 aromatic heterocycles. The Morgan fingerprint density at radius 1 is 1.71 bits per heavy atom. The summed E-state index contributed by atoms with van der Waals surface area (Å²) in [5.41, 5.74) is 6.48. The molecule has 1 aliphatic heterocycles. The maximum atomic E-state index is 11.1. The number of primary amides is 1. The topological polar surface area (TPSA) is 72.6 Å². The van der Waals surface area contributed by atoms with E-state index in [0.29, 0.717) is 18.5 Å². The van der Waals surface area contributed by atoms with Gasteiger partial charge in [0.15, 0.2) is 0 Å². The zero-order valence-corrected chi connectivity index (χ0v) is 7.56. The van der Waals surface area contributed by atoms with E-state index >= 15 is 0 Å². The molecular weight excluding hydrogens is 181 g/mol. The number of rotatable bonds is 1. The fourth-order valence-corrected chi connectivity index (χ4v) is 1.73. The van der Waals surface area contributed by atoms with Gasteiger partial charge in [0.05, 0.1) is 0 Å². The Bertz CT molecular complexity index is 382. The molecular formula is C9H10BNO3-. The molecule has 0 bridgehead atoms. The zero-order valence-electron chi connectivity index (χ0n) is 7.56. The number of hydrogen-bond donors (Lipinski definition) is 2. The van der Waals surface area contributed by atoms with Crippen molar-refractivity contribution in [2.24, 2.45) is 5.73 Å². The highest BCUT2D eigenvalue weighted by Crippen LogP contribution is 2.13. The van der Waals surface area contributed by atoms with Crippen molar-refractivity contribution in [2.45, 2.75) is 6.42 Å². The second kappa shape index (κ2) is 3.11. The summed E-state index contributed by atoms with van der Waals surface area (Å²) in [6, 6.07) is 7.90. The molecule has 1 atom stereocenters. The number of hydrogen-bond acceptors (Lipinski definition) is 3. The molecule has 5 heteroatoms. The quantitative estimate of drug-likeness (QED) is 0.580. The highest BCUT2D eigenvalue weighted by molar-refractivity contribution is 7.05. The Balaban J connectivity index is 2.55. The van der Waals surface area contributed by atoms with E-state index in [-0.39, 0.29) is 0 Å². The van der Waals surface area contributed by atoms with Gasteiger partial charge < -0.3 is 20.2 Å². The molecule has 2 rings (SSSR count). The molecule has 14 heavy (non-hydrogen) atoms. The molecule has 4 nitrogen and oxygen atoms in total. The lowest BCUT2D eigenvalue weighted by atomic mass is 9.48. The predicted octanol–water partition coefficient (Wildman–Crippen LogP) is -0.639. The van der Waals surface area contributed by atoms with Crippen molar-refractivity contribution in [2.75, 3.05) is 6.61 Å². The van der Waals surface area contributed by atoms with Gasteiger partial charge in [-0.25, -0.2) is 0 Å². The molecule has 0 saturated carbocycles. The van der Waals surface area contributed by atoms with Crippen LogP contribution in [0.2, 0.25) is 0 Å². The minimum atomic E-state index is -2.68. The van der Waals surface area contributed by atoms with Gasteiger partial charge >= 0.3 is 6.55 Å². The van der Waals surface area contributed by atoms with Gasteiger partial charge in [0.25, 0.3) is 0 Å². The van der Waals surface area contributed by atoms with E-state index in [1.807, 2.05) is 6.07 Å². The van der Waals surface area contributed by atoms with Crippen LogP contribution in [0.15, 0.2) is 18.2 Å². The first-order chi connectivity index (χ1) is 6.64. The van der Waals surface area contributed by atoms with E-state index in [1.54, 1.807) is 12.1 Å². The molecule has 1 unspecified atom stereocenters.